The lowest BCUT2D eigenvalue weighted by molar-refractivity contribution is 0.392. The Morgan fingerprint density at radius 1 is 1.08 bits per heavy atom. The molecule has 0 spiro atoms. The van der Waals surface area contributed by atoms with E-state index in [-0.39, 0.29) is 18.4 Å². The highest BCUT2D eigenvalue weighted by atomic mass is 35.5. The summed E-state index contributed by atoms with van der Waals surface area (Å²) in [6.07, 6.45) is 0.971. The van der Waals surface area contributed by atoms with Gasteiger partial charge in [-0.3, -0.25) is 0 Å². The Kier molecular flexibility index (Phi) is 5.13. The quantitative estimate of drug-likeness (QED) is 0.705. The summed E-state index contributed by atoms with van der Waals surface area (Å²) in [6.45, 7) is 0.900. The van der Waals surface area contributed by atoms with Gasteiger partial charge in [0.25, 0.3) is 0 Å². The minimum absolute atomic E-state index is 0. The molecule has 2 heterocycles. The molecule has 2 N–H and O–H groups in total. The summed E-state index contributed by atoms with van der Waals surface area (Å²) in [5, 5.41) is 5.56. The number of ether oxygens (including phenoxy) is 2. The topological polar surface area (TPSA) is 46.3 Å². The van der Waals surface area contributed by atoms with Gasteiger partial charge in [-0.15, -0.1) is 12.4 Å². The second-order valence-corrected chi connectivity index (χ2v) is 6.39. The fourth-order valence-corrected chi connectivity index (χ4v) is 3.70. The van der Waals surface area contributed by atoms with Crippen LogP contribution in [-0.4, -0.2) is 25.7 Å². The fourth-order valence-electron chi connectivity index (χ4n) is 3.53. The van der Waals surface area contributed by atoms with Gasteiger partial charge in [-0.1, -0.05) is 11.6 Å². The van der Waals surface area contributed by atoms with Gasteiger partial charge in [0.1, 0.15) is 11.5 Å². The van der Waals surface area contributed by atoms with Crippen LogP contribution in [0.25, 0.3) is 10.9 Å². The third kappa shape index (κ3) is 3.06. The van der Waals surface area contributed by atoms with Gasteiger partial charge in [0.05, 0.1) is 20.3 Å². The van der Waals surface area contributed by atoms with E-state index in [0.717, 1.165) is 40.6 Å². The number of methoxy groups -OCH3 is 2. The molecule has 1 unspecified atom stereocenters. The van der Waals surface area contributed by atoms with Gasteiger partial charge in [-0.2, -0.15) is 0 Å². The second-order valence-electron chi connectivity index (χ2n) is 5.95. The third-order valence-corrected chi connectivity index (χ3v) is 4.90. The summed E-state index contributed by atoms with van der Waals surface area (Å²) in [6, 6.07) is 11.9. The van der Waals surface area contributed by atoms with Crippen molar-refractivity contribution in [3.63, 3.8) is 0 Å². The lowest BCUT2D eigenvalue weighted by atomic mass is 9.93. The molecule has 1 aliphatic heterocycles. The molecule has 0 bridgehead atoms. The van der Waals surface area contributed by atoms with Gasteiger partial charge >= 0.3 is 0 Å². The molecule has 0 radical (unpaired) electrons. The maximum atomic E-state index is 6.19. The van der Waals surface area contributed by atoms with E-state index in [1.807, 2.05) is 36.4 Å². The highest BCUT2D eigenvalue weighted by molar-refractivity contribution is 6.31. The molecule has 1 aromatic heterocycles. The number of aromatic amines is 1. The van der Waals surface area contributed by atoms with Crippen LogP contribution in [0.2, 0.25) is 5.02 Å². The number of hydrogen-bond acceptors (Lipinski definition) is 3. The number of H-pyrrole nitrogens is 1. The SMILES string of the molecule is COc1ccc(OC)c(C2NCCc3c2[nH]c2ccc(Cl)cc32)c1.Cl. The Bertz CT molecular complexity index is 908. The third-order valence-electron chi connectivity index (χ3n) is 4.66. The molecule has 25 heavy (non-hydrogen) atoms. The van der Waals surface area contributed by atoms with Crippen LogP contribution in [0.5, 0.6) is 11.5 Å². The summed E-state index contributed by atoms with van der Waals surface area (Å²) in [5.41, 5.74) is 4.67. The number of aromatic nitrogens is 1. The van der Waals surface area contributed by atoms with Crippen molar-refractivity contribution in [1.82, 2.24) is 10.3 Å². The van der Waals surface area contributed by atoms with Gasteiger partial charge < -0.3 is 19.8 Å². The Balaban J connectivity index is 0.00000182. The van der Waals surface area contributed by atoms with Crippen LogP contribution in [0.3, 0.4) is 0 Å². The average molecular weight is 379 g/mol. The van der Waals surface area contributed by atoms with Crippen LogP contribution in [0.15, 0.2) is 36.4 Å². The van der Waals surface area contributed by atoms with Crippen LogP contribution in [0.4, 0.5) is 0 Å². The molecule has 0 aliphatic carbocycles. The van der Waals surface area contributed by atoms with E-state index in [2.05, 4.69) is 10.3 Å². The smallest absolute Gasteiger partial charge is 0.124 e. The van der Waals surface area contributed by atoms with Crippen molar-refractivity contribution >= 4 is 34.9 Å². The van der Waals surface area contributed by atoms with E-state index >= 15 is 0 Å². The van der Waals surface area contributed by atoms with Crippen LogP contribution in [0, 0.1) is 0 Å². The standard InChI is InChI=1S/C19H19ClN2O2.ClH/c1-23-12-4-6-17(24-2)15(10-12)18-19-13(7-8-21-18)14-9-11(20)3-5-16(14)22-19;/h3-6,9-10,18,21-22H,7-8H2,1-2H3;1H. The maximum Gasteiger partial charge on any atom is 0.124 e. The van der Waals surface area contributed by atoms with Crippen molar-refractivity contribution in [2.24, 2.45) is 0 Å². The van der Waals surface area contributed by atoms with Crippen LogP contribution >= 0.6 is 24.0 Å². The summed E-state index contributed by atoms with van der Waals surface area (Å²) >= 11 is 6.19. The van der Waals surface area contributed by atoms with Crippen molar-refractivity contribution in [2.75, 3.05) is 20.8 Å². The molecule has 2 aromatic carbocycles. The van der Waals surface area contributed by atoms with Gasteiger partial charge in [-0.25, -0.2) is 0 Å². The zero-order valence-electron chi connectivity index (χ0n) is 14.1. The Labute approximate surface area is 157 Å². The molecule has 1 atom stereocenters. The fraction of sp³-hybridized carbons (Fsp3) is 0.263. The summed E-state index contributed by atoms with van der Waals surface area (Å²) in [7, 11) is 3.37. The van der Waals surface area contributed by atoms with Crippen LogP contribution in [0.1, 0.15) is 22.9 Å². The number of fused-ring (bicyclic) bond motifs is 3. The molecule has 3 aromatic rings. The maximum absolute atomic E-state index is 6.19. The molecule has 0 saturated carbocycles. The van der Waals surface area contributed by atoms with Crippen LogP contribution in [-0.2, 0) is 6.42 Å². The highest BCUT2D eigenvalue weighted by Gasteiger charge is 2.27. The predicted octanol–water partition coefficient (Wildman–Crippen LogP) is 4.50. The molecule has 132 valence electrons. The van der Waals surface area contributed by atoms with Gasteiger partial charge in [-0.05, 0) is 48.4 Å². The minimum Gasteiger partial charge on any atom is -0.497 e. The normalized spacial score (nSPS) is 16.2. The van der Waals surface area contributed by atoms with Crippen molar-refractivity contribution in [2.45, 2.75) is 12.5 Å². The molecule has 0 saturated heterocycles. The molecule has 6 heteroatoms. The monoisotopic (exact) mass is 378 g/mol. The first-order chi connectivity index (χ1) is 11.7. The van der Waals surface area contributed by atoms with Gasteiger partial charge in [0.2, 0.25) is 0 Å². The van der Waals surface area contributed by atoms with Crippen molar-refractivity contribution < 1.29 is 9.47 Å². The van der Waals surface area contributed by atoms with E-state index < -0.39 is 0 Å². The molecule has 0 fully saturated rings. The summed E-state index contributed by atoms with van der Waals surface area (Å²) < 4.78 is 11.0. The Morgan fingerprint density at radius 3 is 2.68 bits per heavy atom. The minimum atomic E-state index is 0. The van der Waals surface area contributed by atoms with E-state index in [1.165, 1.54) is 16.6 Å². The number of halogens is 2. The molecule has 4 rings (SSSR count). The van der Waals surface area contributed by atoms with Gasteiger partial charge in [0, 0.05) is 33.7 Å². The average Bonchev–Trinajstić information content (AvgIpc) is 2.99. The van der Waals surface area contributed by atoms with E-state index in [0.29, 0.717) is 0 Å². The van der Waals surface area contributed by atoms with E-state index in [9.17, 15) is 0 Å². The van der Waals surface area contributed by atoms with Gasteiger partial charge in [0.15, 0.2) is 0 Å². The lowest BCUT2D eigenvalue weighted by Crippen LogP contribution is -2.30. The van der Waals surface area contributed by atoms with Crippen molar-refractivity contribution in [3.8, 4) is 11.5 Å². The van der Waals surface area contributed by atoms with Crippen molar-refractivity contribution in [3.05, 3.63) is 58.2 Å². The predicted molar refractivity (Wildman–Crippen MR) is 104 cm³/mol. The number of nitrogens with one attached hydrogen (secondary N) is 2. The molecule has 4 nitrogen and oxygen atoms in total. The molecular weight excluding hydrogens is 359 g/mol. The van der Waals surface area contributed by atoms with Crippen LogP contribution < -0.4 is 14.8 Å². The van der Waals surface area contributed by atoms with Crippen molar-refractivity contribution in [1.29, 1.82) is 0 Å². The van der Waals surface area contributed by atoms with E-state index in [1.54, 1.807) is 14.2 Å². The highest BCUT2D eigenvalue weighted by Crippen LogP contribution is 2.38. The van der Waals surface area contributed by atoms with E-state index in [4.69, 9.17) is 21.1 Å². The zero-order chi connectivity index (χ0) is 16.7. The summed E-state index contributed by atoms with van der Waals surface area (Å²) in [4.78, 5) is 3.56. The molecular formula is C19H20Cl2N2O2. The first-order valence-electron chi connectivity index (χ1n) is 7.96. The number of rotatable bonds is 3. The first-order valence-corrected chi connectivity index (χ1v) is 8.34. The second kappa shape index (κ2) is 7.16. The summed E-state index contributed by atoms with van der Waals surface area (Å²) in [5.74, 6) is 1.66. The molecule has 1 aliphatic rings. The molecule has 0 amide bonds. The lowest BCUT2D eigenvalue weighted by Gasteiger charge is -2.26. The number of benzene rings is 2. The zero-order valence-corrected chi connectivity index (χ0v) is 15.6. The largest absolute Gasteiger partial charge is 0.497 e. The number of hydrogen-bond donors (Lipinski definition) is 2. The first kappa shape index (κ1) is 17.9. The Hall–Kier alpha value is -1.88. The Morgan fingerprint density at radius 2 is 1.92 bits per heavy atom.